The highest BCUT2D eigenvalue weighted by Crippen LogP contribution is 2.27. The lowest BCUT2D eigenvalue weighted by atomic mass is 10.2. The Labute approximate surface area is 125 Å². The van der Waals surface area contributed by atoms with Gasteiger partial charge in [-0.15, -0.1) is 11.8 Å². The number of hydrogen-bond acceptors (Lipinski definition) is 3. The maximum atomic E-state index is 12.3. The molecular formula is C16H23NO2S. The van der Waals surface area contributed by atoms with Gasteiger partial charge in [-0.05, 0) is 37.1 Å². The van der Waals surface area contributed by atoms with Gasteiger partial charge in [0.15, 0.2) is 0 Å². The lowest BCUT2D eigenvalue weighted by molar-refractivity contribution is -0.131. The quantitative estimate of drug-likeness (QED) is 0.861. The number of hydrogen-bond donors (Lipinski definition) is 1. The molecule has 3 nitrogen and oxygen atoms in total. The van der Waals surface area contributed by atoms with E-state index in [0.29, 0.717) is 6.42 Å². The standard InChI is InChI=1S/C16H23NO2S/c1-13(20-15-8-6-14(18)7-9-15)12-16(19)17-10-4-2-3-5-11-17/h6-9,13,18H,2-5,10-12H2,1H3. The van der Waals surface area contributed by atoms with E-state index in [1.165, 1.54) is 12.8 Å². The summed E-state index contributed by atoms with van der Waals surface area (Å²) in [7, 11) is 0. The fourth-order valence-corrected chi connectivity index (χ4v) is 3.48. The van der Waals surface area contributed by atoms with E-state index in [1.807, 2.05) is 17.0 Å². The molecule has 20 heavy (non-hydrogen) atoms. The fourth-order valence-electron chi connectivity index (χ4n) is 2.49. The van der Waals surface area contributed by atoms with Crippen LogP contribution in [-0.2, 0) is 4.79 Å². The Bertz CT molecular complexity index is 425. The van der Waals surface area contributed by atoms with E-state index in [1.54, 1.807) is 23.9 Å². The molecule has 1 amide bonds. The Morgan fingerprint density at radius 1 is 1.20 bits per heavy atom. The topological polar surface area (TPSA) is 40.5 Å². The van der Waals surface area contributed by atoms with Gasteiger partial charge in [0.2, 0.25) is 5.91 Å². The minimum atomic E-state index is 0.260. The van der Waals surface area contributed by atoms with Crippen molar-refractivity contribution in [1.82, 2.24) is 4.90 Å². The molecular weight excluding hydrogens is 270 g/mol. The van der Waals surface area contributed by atoms with Crippen LogP contribution in [0.2, 0.25) is 0 Å². The van der Waals surface area contributed by atoms with Crippen LogP contribution in [0.3, 0.4) is 0 Å². The molecule has 1 saturated heterocycles. The van der Waals surface area contributed by atoms with Crippen LogP contribution in [0.4, 0.5) is 0 Å². The number of phenolic OH excluding ortho intramolecular Hbond substituents is 1. The van der Waals surface area contributed by atoms with Crippen molar-refractivity contribution in [2.24, 2.45) is 0 Å². The highest BCUT2D eigenvalue weighted by molar-refractivity contribution is 8.00. The number of thioether (sulfide) groups is 1. The number of likely N-dealkylation sites (tertiary alicyclic amines) is 1. The van der Waals surface area contributed by atoms with Crippen molar-refractivity contribution in [3.8, 4) is 5.75 Å². The first-order valence-electron chi connectivity index (χ1n) is 7.38. The minimum Gasteiger partial charge on any atom is -0.508 e. The Morgan fingerprint density at radius 3 is 2.40 bits per heavy atom. The maximum absolute atomic E-state index is 12.3. The SMILES string of the molecule is CC(CC(=O)N1CCCCCC1)Sc1ccc(O)cc1. The van der Waals surface area contributed by atoms with Crippen LogP contribution in [0.15, 0.2) is 29.2 Å². The largest absolute Gasteiger partial charge is 0.508 e. The van der Waals surface area contributed by atoms with Gasteiger partial charge < -0.3 is 10.0 Å². The fraction of sp³-hybridized carbons (Fsp3) is 0.562. The number of nitrogens with zero attached hydrogens (tertiary/aromatic N) is 1. The van der Waals surface area contributed by atoms with Crippen LogP contribution in [0.1, 0.15) is 39.0 Å². The van der Waals surface area contributed by atoms with E-state index < -0.39 is 0 Å². The summed E-state index contributed by atoms with van der Waals surface area (Å²) in [4.78, 5) is 15.4. The number of aromatic hydroxyl groups is 1. The third-order valence-corrected chi connectivity index (χ3v) is 4.71. The summed E-state index contributed by atoms with van der Waals surface area (Å²) in [5.41, 5.74) is 0. The Hall–Kier alpha value is -1.16. The molecule has 0 radical (unpaired) electrons. The number of benzene rings is 1. The van der Waals surface area contributed by atoms with Crippen molar-refractivity contribution < 1.29 is 9.90 Å². The normalized spacial score (nSPS) is 17.6. The zero-order valence-corrected chi connectivity index (χ0v) is 12.9. The molecule has 1 fully saturated rings. The molecule has 1 aromatic rings. The third kappa shape index (κ3) is 4.75. The van der Waals surface area contributed by atoms with Crippen molar-refractivity contribution in [2.75, 3.05) is 13.1 Å². The molecule has 2 rings (SSSR count). The minimum absolute atomic E-state index is 0.260. The van der Waals surface area contributed by atoms with Crippen LogP contribution in [-0.4, -0.2) is 34.3 Å². The van der Waals surface area contributed by atoms with Crippen molar-refractivity contribution >= 4 is 17.7 Å². The molecule has 0 bridgehead atoms. The Morgan fingerprint density at radius 2 is 1.80 bits per heavy atom. The van der Waals surface area contributed by atoms with Crippen molar-refractivity contribution in [1.29, 1.82) is 0 Å². The van der Waals surface area contributed by atoms with Crippen molar-refractivity contribution in [3.63, 3.8) is 0 Å². The molecule has 1 atom stereocenters. The number of carbonyl (C=O) groups excluding carboxylic acids is 1. The zero-order chi connectivity index (χ0) is 14.4. The van der Waals surface area contributed by atoms with Gasteiger partial charge in [-0.1, -0.05) is 19.8 Å². The van der Waals surface area contributed by atoms with Crippen molar-refractivity contribution in [3.05, 3.63) is 24.3 Å². The summed E-state index contributed by atoms with van der Waals surface area (Å²) in [6.07, 6.45) is 5.38. The van der Waals surface area contributed by atoms with Crippen LogP contribution in [0.25, 0.3) is 0 Å². The van der Waals surface area contributed by atoms with Crippen LogP contribution in [0, 0.1) is 0 Å². The average Bonchev–Trinajstić information content (AvgIpc) is 2.70. The summed E-state index contributed by atoms with van der Waals surface area (Å²) in [5.74, 6) is 0.563. The van der Waals surface area contributed by atoms with E-state index in [2.05, 4.69) is 6.92 Å². The third-order valence-electron chi connectivity index (χ3n) is 3.59. The second-order valence-electron chi connectivity index (χ2n) is 5.42. The first kappa shape index (κ1) is 15.2. The number of amides is 1. The zero-order valence-electron chi connectivity index (χ0n) is 12.0. The Balaban J connectivity index is 1.82. The van der Waals surface area contributed by atoms with E-state index in [0.717, 1.165) is 30.8 Å². The molecule has 0 spiro atoms. The molecule has 0 aliphatic carbocycles. The predicted molar refractivity (Wildman–Crippen MR) is 83.1 cm³/mol. The molecule has 0 aromatic heterocycles. The molecule has 1 N–H and O–H groups in total. The van der Waals surface area contributed by atoms with E-state index in [-0.39, 0.29) is 16.9 Å². The second kappa shape index (κ2) is 7.58. The van der Waals surface area contributed by atoms with Gasteiger partial charge in [-0.25, -0.2) is 0 Å². The molecule has 1 heterocycles. The second-order valence-corrected chi connectivity index (χ2v) is 6.93. The molecule has 1 aromatic carbocycles. The first-order chi connectivity index (χ1) is 9.65. The summed E-state index contributed by atoms with van der Waals surface area (Å²) in [6.45, 7) is 3.94. The number of phenols is 1. The summed E-state index contributed by atoms with van der Waals surface area (Å²) < 4.78 is 0. The predicted octanol–water partition coefficient (Wildman–Crippen LogP) is 3.67. The van der Waals surface area contributed by atoms with Gasteiger partial charge in [0.05, 0.1) is 0 Å². The van der Waals surface area contributed by atoms with Crippen LogP contribution in [0.5, 0.6) is 5.75 Å². The lowest BCUT2D eigenvalue weighted by Gasteiger charge is -2.22. The molecule has 0 saturated carbocycles. The monoisotopic (exact) mass is 293 g/mol. The van der Waals surface area contributed by atoms with E-state index in [9.17, 15) is 9.90 Å². The van der Waals surface area contributed by atoms with Gasteiger partial charge in [0, 0.05) is 29.7 Å². The number of rotatable bonds is 4. The van der Waals surface area contributed by atoms with Gasteiger partial charge in [-0.2, -0.15) is 0 Å². The molecule has 1 aliphatic rings. The summed E-state index contributed by atoms with van der Waals surface area (Å²) in [6, 6.07) is 7.16. The van der Waals surface area contributed by atoms with Gasteiger partial charge in [0.1, 0.15) is 5.75 Å². The lowest BCUT2D eigenvalue weighted by Crippen LogP contribution is -2.33. The first-order valence-corrected chi connectivity index (χ1v) is 8.26. The smallest absolute Gasteiger partial charge is 0.223 e. The van der Waals surface area contributed by atoms with E-state index >= 15 is 0 Å². The maximum Gasteiger partial charge on any atom is 0.223 e. The molecule has 1 aliphatic heterocycles. The molecule has 4 heteroatoms. The van der Waals surface area contributed by atoms with Gasteiger partial charge in [0.25, 0.3) is 0 Å². The molecule has 1 unspecified atom stereocenters. The van der Waals surface area contributed by atoms with Crippen LogP contribution >= 0.6 is 11.8 Å². The van der Waals surface area contributed by atoms with Crippen LogP contribution < -0.4 is 0 Å². The highest BCUT2D eigenvalue weighted by atomic mass is 32.2. The number of carbonyl (C=O) groups is 1. The summed E-state index contributed by atoms with van der Waals surface area (Å²) >= 11 is 1.69. The Kier molecular flexibility index (Phi) is 5.77. The highest BCUT2D eigenvalue weighted by Gasteiger charge is 2.18. The van der Waals surface area contributed by atoms with Crippen molar-refractivity contribution in [2.45, 2.75) is 49.2 Å². The average molecular weight is 293 g/mol. The molecule has 110 valence electrons. The van der Waals surface area contributed by atoms with Gasteiger partial charge in [-0.3, -0.25) is 4.79 Å². The van der Waals surface area contributed by atoms with Gasteiger partial charge >= 0.3 is 0 Å². The van der Waals surface area contributed by atoms with E-state index in [4.69, 9.17) is 0 Å². The summed E-state index contributed by atoms with van der Waals surface area (Å²) in [5, 5.41) is 9.52.